The Morgan fingerprint density at radius 2 is 2.26 bits per heavy atom. The summed E-state index contributed by atoms with van der Waals surface area (Å²) in [6.45, 7) is 3.93. The number of nitrogens with one attached hydrogen (secondary N) is 1. The molecule has 1 aromatic heterocycles. The molecule has 2 unspecified atom stereocenters. The van der Waals surface area contributed by atoms with E-state index < -0.39 is 0 Å². The van der Waals surface area contributed by atoms with Gasteiger partial charge in [-0.25, -0.2) is 0 Å². The van der Waals surface area contributed by atoms with Gasteiger partial charge in [-0.2, -0.15) is 5.10 Å². The van der Waals surface area contributed by atoms with E-state index in [4.69, 9.17) is 0 Å². The van der Waals surface area contributed by atoms with E-state index in [1.165, 1.54) is 12.1 Å². The molecule has 0 aromatic carbocycles. The summed E-state index contributed by atoms with van der Waals surface area (Å²) >= 11 is 3.63. The van der Waals surface area contributed by atoms with Crippen LogP contribution in [0.2, 0.25) is 0 Å². The van der Waals surface area contributed by atoms with Gasteiger partial charge in [0.25, 0.3) is 0 Å². The van der Waals surface area contributed by atoms with E-state index in [1.807, 2.05) is 11.7 Å². The average molecular weight is 330 g/mol. The van der Waals surface area contributed by atoms with Gasteiger partial charge in [-0.05, 0) is 54.1 Å². The zero-order valence-electron chi connectivity index (χ0n) is 11.8. The summed E-state index contributed by atoms with van der Waals surface area (Å²) in [6, 6.07) is 0. The smallest absolute Gasteiger partial charge is 0.0767 e. The first-order chi connectivity index (χ1) is 9.11. The van der Waals surface area contributed by atoms with Crippen LogP contribution < -0.4 is 5.32 Å². The molecule has 0 saturated heterocycles. The van der Waals surface area contributed by atoms with E-state index in [9.17, 15) is 5.11 Å². The standard InChI is InChI=1S/C14H24BrN3O/c1-3-12-14(15)13(18(2)17-12)9-16-8-10-5-4-6-11(19)7-10/h10-11,16,19H,3-9H2,1-2H3. The molecule has 1 saturated carbocycles. The zero-order valence-corrected chi connectivity index (χ0v) is 13.4. The highest BCUT2D eigenvalue weighted by atomic mass is 79.9. The van der Waals surface area contributed by atoms with Crippen molar-refractivity contribution in [2.75, 3.05) is 6.54 Å². The van der Waals surface area contributed by atoms with Crippen LogP contribution in [0.15, 0.2) is 4.47 Å². The molecule has 1 aliphatic rings. The Morgan fingerprint density at radius 1 is 1.47 bits per heavy atom. The van der Waals surface area contributed by atoms with Gasteiger partial charge >= 0.3 is 0 Å². The number of nitrogens with zero attached hydrogens (tertiary/aromatic N) is 2. The van der Waals surface area contributed by atoms with Crippen molar-refractivity contribution in [3.8, 4) is 0 Å². The Morgan fingerprint density at radius 3 is 2.89 bits per heavy atom. The summed E-state index contributed by atoms with van der Waals surface area (Å²) in [4.78, 5) is 0. The van der Waals surface area contributed by atoms with Crippen LogP contribution >= 0.6 is 15.9 Å². The summed E-state index contributed by atoms with van der Waals surface area (Å²) in [7, 11) is 1.99. The lowest BCUT2D eigenvalue weighted by Gasteiger charge is -2.26. The summed E-state index contributed by atoms with van der Waals surface area (Å²) in [5, 5.41) is 17.7. The van der Waals surface area contributed by atoms with Crippen molar-refractivity contribution in [3.63, 3.8) is 0 Å². The SMILES string of the molecule is CCc1nn(C)c(CNCC2CCCC(O)C2)c1Br. The fraction of sp³-hybridized carbons (Fsp3) is 0.786. The van der Waals surface area contributed by atoms with E-state index in [-0.39, 0.29) is 6.10 Å². The highest BCUT2D eigenvalue weighted by molar-refractivity contribution is 9.10. The lowest BCUT2D eigenvalue weighted by atomic mass is 9.87. The van der Waals surface area contributed by atoms with Crippen molar-refractivity contribution < 1.29 is 5.11 Å². The average Bonchev–Trinajstić information content (AvgIpc) is 2.66. The molecule has 0 spiro atoms. The van der Waals surface area contributed by atoms with Crippen LogP contribution in [0.5, 0.6) is 0 Å². The summed E-state index contributed by atoms with van der Waals surface area (Å²) in [5.74, 6) is 0.612. The normalized spacial score (nSPS) is 23.8. The first kappa shape index (κ1) is 15.0. The van der Waals surface area contributed by atoms with Crippen LogP contribution in [-0.4, -0.2) is 27.5 Å². The molecule has 1 aromatic rings. The third kappa shape index (κ3) is 3.80. The monoisotopic (exact) mass is 329 g/mol. The van der Waals surface area contributed by atoms with Gasteiger partial charge < -0.3 is 10.4 Å². The topological polar surface area (TPSA) is 50.1 Å². The molecule has 1 heterocycles. The van der Waals surface area contributed by atoms with Gasteiger partial charge in [-0.3, -0.25) is 4.68 Å². The number of aliphatic hydroxyl groups excluding tert-OH is 1. The number of hydrogen-bond acceptors (Lipinski definition) is 3. The molecule has 4 nitrogen and oxygen atoms in total. The maximum atomic E-state index is 9.67. The van der Waals surface area contributed by atoms with E-state index in [2.05, 4.69) is 33.3 Å². The van der Waals surface area contributed by atoms with Crippen LogP contribution in [0.25, 0.3) is 0 Å². The van der Waals surface area contributed by atoms with Crippen LogP contribution in [0, 0.1) is 5.92 Å². The number of aryl methyl sites for hydroxylation is 2. The fourth-order valence-corrected chi connectivity index (χ4v) is 3.61. The first-order valence-corrected chi connectivity index (χ1v) is 8.00. The highest BCUT2D eigenvalue weighted by Crippen LogP contribution is 2.24. The first-order valence-electron chi connectivity index (χ1n) is 7.20. The van der Waals surface area contributed by atoms with Crippen molar-refractivity contribution in [3.05, 3.63) is 15.9 Å². The van der Waals surface area contributed by atoms with E-state index >= 15 is 0 Å². The molecule has 2 atom stereocenters. The Hall–Kier alpha value is -0.390. The Balaban J connectivity index is 1.84. The fourth-order valence-electron chi connectivity index (χ4n) is 2.85. The predicted octanol–water partition coefficient (Wildman–Crippen LogP) is 2.39. The second kappa shape index (κ2) is 6.86. The Labute approximate surface area is 123 Å². The molecule has 2 rings (SSSR count). The number of aromatic nitrogens is 2. The molecular formula is C14H24BrN3O. The number of rotatable bonds is 5. The molecule has 19 heavy (non-hydrogen) atoms. The minimum absolute atomic E-state index is 0.0873. The van der Waals surface area contributed by atoms with Gasteiger partial charge in [-0.15, -0.1) is 0 Å². The van der Waals surface area contributed by atoms with E-state index in [0.717, 1.165) is 48.9 Å². The van der Waals surface area contributed by atoms with Gasteiger partial charge in [-0.1, -0.05) is 13.3 Å². The molecule has 1 aliphatic carbocycles. The van der Waals surface area contributed by atoms with Crippen molar-refractivity contribution >= 4 is 15.9 Å². The van der Waals surface area contributed by atoms with Crippen molar-refractivity contribution in [1.82, 2.24) is 15.1 Å². The Bertz CT molecular complexity index is 419. The summed E-state index contributed by atoms with van der Waals surface area (Å²) in [5.41, 5.74) is 2.32. The van der Waals surface area contributed by atoms with Crippen LogP contribution in [0.1, 0.15) is 44.0 Å². The molecule has 0 amide bonds. The van der Waals surface area contributed by atoms with E-state index in [1.54, 1.807) is 0 Å². The van der Waals surface area contributed by atoms with Crippen molar-refractivity contribution in [2.45, 2.75) is 51.7 Å². The van der Waals surface area contributed by atoms with Crippen LogP contribution in [0.3, 0.4) is 0 Å². The zero-order chi connectivity index (χ0) is 13.8. The molecule has 2 N–H and O–H groups in total. The number of hydrogen-bond donors (Lipinski definition) is 2. The van der Waals surface area contributed by atoms with Crippen LogP contribution in [0.4, 0.5) is 0 Å². The number of aliphatic hydroxyl groups is 1. The van der Waals surface area contributed by atoms with Crippen molar-refractivity contribution in [1.29, 1.82) is 0 Å². The molecule has 0 bridgehead atoms. The summed E-state index contributed by atoms with van der Waals surface area (Å²) < 4.78 is 3.08. The maximum Gasteiger partial charge on any atom is 0.0767 e. The van der Waals surface area contributed by atoms with E-state index in [0.29, 0.717) is 5.92 Å². The Kier molecular flexibility index (Phi) is 5.42. The molecule has 108 valence electrons. The largest absolute Gasteiger partial charge is 0.393 e. The molecule has 1 fully saturated rings. The molecular weight excluding hydrogens is 306 g/mol. The molecule has 0 radical (unpaired) electrons. The lowest BCUT2D eigenvalue weighted by molar-refractivity contribution is 0.100. The maximum absolute atomic E-state index is 9.67. The van der Waals surface area contributed by atoms with Crippen molar-refractivity contribution in [2.24, 2.45) is 13.0 Å². The third-order valence-electron chi connectivity index (χ3n) is 3.98. The summed E-state index contributed by atoms with van der Waals surface area (Å²) in [6.07, 6.45) is 5.17. The quantitative estimate of drug-likeness (QED) is 0.872. The van der Waals surface area contributed by atoms with Crippen LogP contribution in [-0.2, 0) is 20.0 Å². The highest BCUT2D eigenvalue weighted by Gasteiger charge is 2.20. The van der Waals surface area contributed by atoms with Gasteiger partial charge in [0.05, 0.1) is 22.0 Å². The number of halogens is 1. The predicted molar refractivity (Wildman–Crippen MR) is 80.0 cm³/mol. The second-order valence-electron chi connectivity index (χ2n) is 5.50. The lowest BCUT2D eigenvalue weighted by Crippen LogP contribution is -2.29. The van der Waals surface area contributed by atoms with Gasteiger partial charge in [0.2, 0.25) is 0 Å². The minimum atomic E-state index is -0.0873. The van der Waals surface area contributed by atoms with Gasteiger partial charge in [0.1, 0.15) is 0 Å². The third-order valence-corrected chi connectivity index (χ3v) is 4.90. The van der Waals surface area contributed by atoms with Gasteiger partial charge in [0, 0.05) is 13.6 Å². The molecule has 0 aliphatic heterocycles. The second-order valence-corrected chi connectivity index (χ2v) is 6.29. The molecule has 5 heteroatoms. The minimum Gasteiger partial charge on any atom is -0.393 e. The van der Waals surface area contributed by atoms with Gasteiger partial charge in [0.15, 0.2) is 0 Å².